The summed E-state index contributed by atoms with van der Waals surface area (Å²) in [6.07, 6.45) is 2.03. The fourth-order valence-corrected chi connectivity index (χ4v) is 1.86. The second-order valence-corrected chi connectivity index (χ2v) is 4.91. The van der Waals surface area contributed by atoms with Gasteiger partial charge in [0.05, 0.1) is 0 Å². The van der Waals surface area contributed by atoms with Crippen LogP contribution in [0.25, 0.3) is 0 Å². The Morgan fingerprint density at radius 1 is 1.42 bits per heavy atom. The number of ether oxygens (including phenoxy) is 1. The fourth-order valence-electron chi connectivity index (χ4n) is 1.86. The Morgan fingerprint density at radius 3 is 2.79 bits per heavy atom. The van der Waals surface area contributed by atoms with Crippen molar-refractivity contribution in [3.8, 4) is 5.75 Å². The first-order valence-electron chi connectivity index (χ1n) is 6.80. The van der Waals surface area contributed by atoms with Gasteiger partial charge in [0.1, 0.15) is 5.75 Å². The summed E-state index contributed by atoms with van der Waals surface area (Å²) in [4.78, 5) is 11.7. The zero-order chi connectivity index (χ0) is 14.3. The largest absolute Gasteiger partial charge is 0.484 e. The lowest BCUT2D eigenvalue weighted by Gasteiger charge is -2.14. The Morgan fingerprint density at radius 2 is 2.16 bits per heavy atom. The van der Waals surface area contributed by atoms with Crippen LogP contribution in [-0.2, 0) is 4.79 Å². The summed E-state index contributed by atoms with van der Waals surface area (Å²) in [6, 6.07) is 7.67. The molecule has 0 saturated carbocycles. The normalized spacial score (nSPS) is 13.7. The molecule has 1 aromatic rings. The van der Waals surface area contributed by atoms with E-state index in [0.717, 1.165) is 18.4 Å². The molecule has 0 fully saturated rings. The van der Waals surface area contributed by atoms with E-state index in [1.165, 1.54) is 0 Å². The standard InChI is InChI=1S/C15H24N2O2/c1-4-6-11(2)17-15(18)10-19-14-8-5-7-13(9-14)12(3)16/h5,7-9,11-12H,4,6,10,16H2,1-3H3,(H,17,18)/t11?,12-/m1/s1. The maximum Gasteiger partial charge on any atom is 0.258 e. The molecule has 4 heteroatoms. The third-order valence-corrected chi connectivity index (χ3v) is 2.88. The molecule has 106 valence electrons. The van der Waals surface area contributed by atoms with Crippen molar-refractivity contribution >= 4 is 5.91 Å². The summed E-state index contributed by atoms with van der Waals surface area (Å²) >= 11 is 0. The highest BCUT2D eigenvalue weighted by Gasteiger charge is 2.08. The monoisotopic (exact) mass is 264 g/mol. The topological polar surface area (TPSA) is 64.3 Å². The molecule has 0 bridgehead atoms. The first kappa shape index (κ1) is 15.5. The summed E-state index contributed by atoms with van der Waals surface area (Å²) in [7, 11) is 0. The molecule has 0 spiro atoms. The highest BCUT2D eigenvalue weighted by molar-refractivity contribution is 5.77. The van der Waals surface area contributed by atoms with Crippen LogP contribution in [0.15, 0.2) is 24.3 Å². The number of carbonyl (C=O) groups is 1. The molecule has 0 aromatic heterocycles. The summed E-state index contributed by atoms with van der Waals surface area (Å²) in [5, 5.41) is 2.90. The number of hydrogen-bond acceptors (Lipinski definition) is 3. The first-order chi connectivity index (χ1) is 9.02. The average Bonchev–Trinajstić information content (AvgIpc) is 2.37. The maximum absolute atomic E-state index is 11.7. The molecule has 0 aliphatic heterocycles. The van der Waals surface area contributed by atoms with Crippen LogP contribution in [0.1, 0.15) is 45.2 Å². The molecule has 0 saturated heterocycles. The molecule has 1 aromatic carbocycles. The van der Waals surface area contributed by atoms with Gasteiger partial charge in [-0.05, 0) is 38.0 Å². The van der Waals surface area contributed by atoms with Gasteiger partial charge in [0.15, 0.2) is 6.61 Å². The van der Waals surface area contributed by atoms with E-state index in [4.69, 9.17) is 10.5 Å². The Balaban J connectivity index is 2.43. The Hall–Kier alpha value is -1.55. The SMILES string of the molecule is CCCC(C)NC(=O)COc1cccc([C@@H](C)N)c1. The van der Waals surface area contributed by atoms with E-state index in [1.54, 1.807) is 0 Å². The van der Waals surface area contributed by atoms with Crippen molar-refractivity contribution in [3.63, 3.8) is 0 Å². The van der Waals surface area contributed by atoms with Crippen molar-refractivity contribution in [1.29, 1.82) is 0 Å². The van der Waals surface area contributed by atoms with E-state index >= 15 is 0 Å². The zero-order valence-corrected chi connectivity index (χ0v) is 12.0. The Labute approximate surface area is 115 Å². The quantitative estimate of drug-likeness (QED) is 0.794. The Kier molecular flexibility index (Phi) is 6.36. The van der Waals surface area contributed by atoms with Gasteiger partial charge in [-0.1, -0.05) is 25.5 Å². The van der Waals surface area contributed by atoms with Crippen molar-refractivity contribution in [2.24, 2.45) is 5.73 Å². The van der Waals surface area contributed by atoms with Crippen LogP contribution in [0.5, 0.6) is 5.75 Å². The molecule has 3 N–H and O–H groups in total. The van der Waals surface area contributed by atoms with E-state index < -0.39 is 0 Å². The van der Waals surface area contributed by atoms with Gasteiger partial charge in [-0.25, -0.2) is 0 Å². The van der Waals surface area contributed by atoms with Crippen molar-refractivity contribution in [2.45, 2.75) is 45.7 Å². The Bertz CT molecular complexity index is 405. The highest BCUT2D eigenvalue weighted by atomic mass is 16.5. The summed E-state index contributed by atoms with van der Waals surface area (Å²) in [5.74, 6) is 0.584. The lowest BCUT2D eigenvalue weighted by Crippen LogP contribution is -2.35. The van der Waals surface area contributed by atoms with Crippen LogP contribution in [0.4, 0.5) is 0 Å². The average molecular weight is 264 g/mol. The van der Waals surface area contributed by atoms with Gasteiger partial charge in [0.2, 0.25) is 0 Å². The molecule has 0 aliphatic rings. The van der Waals surface area contributed by atoms with Crippen LogP contribution in [0.3, 0.4) is 0 Å². The van der Waals surface area contributed by atoms with Crippen molar-refractivity contribution < 1.29 is 9.53 Å². The summed E-state index contributed by atoms with van der Waals surface area (Å²) in [6.45, 7) is 6.05. The van der Waals surface area contributed by atoms with Gasteiger partial charge < -0.3 is 15.8 Å². The number of amides is 1. The number of hydrogen-bond donors (Lipinski definition) is 2. The number of carbonyl (C=O) groups excluding carboxylic acids is 1. The van der Waals surface area contributed by atoms with Gasteiger partial charge in [0, 0.05) is 12.1 Å². The number of nitrogens with one attached hydrogen (secondary N) is 1. The molecule has 19 heavy (non-hydrogen) atoms. The lowest BCUT2D eigenvalue weighted by atomic mass is 10.1. The molecular weight excluding hydrogens is 240 g/mol. The van der Waals surface area contributed by atoms with Gasteiger partial charge in [-0.3, -0.25) is 4.79 Å². The molecule has 0 heterocycles. The van der Waals surface area contributed by atoms with E-state index in [-0.39, 0.29) is 24.6 Å². The van der Waals surface area contributed by atoms with Gasteiger partial charge in [-0.15, -0.1) is 0 Å². The minimum Gasteiger partial charge on any atom is -0.484 e. The lowest BCUT2D eigenvalue weighted by molar-refractivity contribution is -0.123. The van der Waals surface area contributed by atoms with Crippen LogP contribution >= 0.6 is 0 Å². The van der Waals surface area contributed by atoms with Gasteiger partial charge in [0.25, 0.3) is 5.91 Å². The molecule has 1 unspecified atom stereocenters. The molecular formula is C15H24N2O2. The molecule has 0 radical (unpaired) electrons. The smallest absolute Gasteiger partial charge is 0.258 e. The van der Waals surface area contributed by atoms with Crippen LogP contribution in [-0.4, -0.2) is 18.6 Å². The van der Waals surface area contributed by atoms with Crippen molar-refractivity contribution in [1.82, 2.24) is 5.32 Å². The molecule has 4 nitrogen and oxygen atoms in total. The van der Waals surface area contributed by atoms with E-state index in [0.29, 0.717) is 5.75 Å². The van der Waals surface area contributed by atoms with Crippen LogP contribution in [0.2, 0.25) is 0 Å². The molecule has 0 aliphatic carbocycles. The van der Waals surface area contributed by atoms with E-state index in [2.05, 4.69) is 12.2 Å². The summed E-state index contributed by atoms with van der Waals surface area (Å²) < 4.78 is 5.47. The predicted molar refractivity (Wildman–Crippen MR) is 77.1 cm³/mol. The van der Waals surface area contributed by atoms with E-state index in [1.807, 2.05) is 38.1 Å². The minimum atomic E-state index is -0.0906. The van der Waals surface area contributed by atoms with Crippen LogP contribution < -0.4 is 15.8 Å². The maximum atomic E-state index is 11.7. The van der Waals surface area contributed by atoms with Crippen molar-refractivity contribution in [2.75, 3.05) is 6.61 Å². The van der Waals surface area contributed by atoms with Crippen LogP contribution in [0, 0.1) is 0 Å². The highest BCUT2D eigenvalue weighted by Crippen LogP contribution is 2.17. The minimum absolute atomic E-state index is 0.0382. The number of benzene rings is 1. The zero-order valence-electron chi connectivity index (χ0n) is 12.0. The second-order valence-electron chi connectivity index (χ2n) is 4.91. The van der Waals surface area contributed by atoms with Gasteiger partial charge in [-0.2, -0.15) is 0 Å². The van der Waals surface area contributed by atoms with Crippen molar-refractivity contribution in [3.05, 3.63) is 29.8 Å². The molecule has 1 rings (SSSR count). The molecule has 1 amide bonds. The second kappa shape index (κ2) is 7.79. The number of rotatable bonds is 7. The third-order valence-electron chi connectivity index (χ3n) is 2.88. The van der Waals surface area contributed by atoms with Gasteiger partial charge >= 0.3 is 0 Å². The predicted octanol–water partition coefficient (Wildman–Crippen LogP) is 2.39. The third kappa shape index (κ3) is 5.75. The summed E-state index contributed by atoms with van der Waals surface area (Å²) in [5.41, 5.74) is 6.80. The number of nitrogens with two attached hydrogens (primary N) is 1. The first-order valence-corrected chi connectivity index (χ1v) is 6.80. The molecule has 2 atom stereocenters. The van der Waals surface area contributed by atoms with E-state index in [9.17, 15) is 4.79 Å². The fraction of sp³-hybridized carbons (Fsp3) is 0.533.